The summed E-state index contributed by atoms with van der Waals surface area (Å²) in [6.45, 7) is 1.81. The molecule has 12 heteroatoms. The predicted molar refractivity (Wildman–Crippen MR) is 161 cm³/mol. The highest BCUT2D eigenvalue weighted by Crippen LogP contribution is 2.18. The maximum atomic E-state index is 13.9. The first kappa shape index (κ1) is 30.8. The number of unbranched alkanes of at least 4 members (excludes halogenated alkanes) is 1. The van der Waals surface area contributed by atoms with E-state index in [2.05, 4.69) is 31.6 Å². The molecular formula is C31H30N6O5S. The number of rotatable bonds is 9. The Bertz CT molecular complexity index is 1830. The molecule has 4 aromatic rings. The average molecular weight is 599 g/mol. The van der Waals surface area contributed by atoms with E-state index in [9.17, 15) is 18.6 Å². The summed E-state index contributed by atoms with van der Waals surface area (Å²) in [5, 5.41) is 15.7. The molecule has 0 aliphatic carbocycles. The molecule has 3 amide bonds. The highest BCUT2D eigenvalue weighted by atomic mass is 32.2. The second kappa shape index (κ2) is 14.2. The predicted octanol–water partition coefficient (Wildman–Crippen LogP) is 4.12. The van der Waals surface area contributed by atoms with Gasteiger partial charge in [-0.15, -0.1) is 0 Å². The molecule has 0 unspecified atom stereocenters. The van der Waals surface area contributed by atoms with Crippen molar-refractivity contribution in [2.24, 2.45) is 11.4 Å². The van der Waals surface area contributed by atoms with Gasteiger partial charge in [0.15, 0.2) is 0 Å². The molecule has 0 radical (unpaired) electrons. The van der Waals surface area contributed by atoms with Crippen LogP contribution in [0.2, 0.25) is 0 Å². The Hall–Kier alpha value is -5.12. The molecule has 0 saturated carbocycles. The highest BCUT2D eigenvalue weighted by Gasteiger charge is 2.17. The van der Waals surface area contributed by atoms with Gasteiger partial charge in [-0.25, -0.2) is 9.69 Å². The third-order valence-electron chi connectivity index (χ3n) is 6.23. The minimum absolute atomic E-state index is 0.0543. The summed E-state index contributed by atoms with van der Waals surface area (Å²) >= 11 is 0. The lowest BCUT2D eigenvalue weighted by Crippen LogP contribution is -2.18. The van der Waals surface area contributed by atoms with Crippen molar-refractivity contribution in [3.05, 3.63) is 107 Å². The summed E-state index contributed by atoms with van der Waals surface area (Å²) in [4.78, 5) is 41.6. The molecule has 2 aromatic heterocycles. The minimum atomic E-state index is -3.15. The fraction of sp³-hybridized carbons (Fsp3) is 0.194. The minimum Gasteiger partial charge on any atom is -0.321 e. The summed E-state index contributed by atoms with van der Waals surface area (Å²) in [6.07, 6.45) is 3.60. The molecule has 2 heterocycles. The van der Waals surface area contributed by atoms with Crippen molar-refractivity contribution in [3.63, 3.8) is 0 Å². The molecule has 0 aliphatic heterocycles. The summed E-state index contributed by atoms with van der Waals surface area (Å²) < 4.78 is 19.5. The van der Waals surface area contributed by atoms with Crippen molar-refractivity contribution in [2.45, 2.75) is 31.1 Å². The van der Waals surface area contributed by atoms with Crippen LogP contribution in [0.25, 0.3) is 0 Å². The number of hydrogen-bond acceptors (Lipinski definition) is 7. The van der Waals surface area contributed by atoms with Crippen molar-refractivity contribution in [2.75, 3.05) is 11.1 Å². The van der Waals surface area contributed by atoms with Gasteiger partial charge < -0.3 is 5.32 Å². The van der Waals surface area contributed by atoms with Crippen LogP contribution in [0.15, 0.2) is 88.4 Å². The smallest absolute Gasteiger partial charge is 0.286 e. The van der Waals surface area contributed by atoms with Crippen molar-refractivity contribution >= 4 is 33.1 Å². The van der Waals surface area contributed by atoms with E-state index in [4.69, 9.17) is 5.21 Å². The van der Waals surface area contributed by atoms with Gasteiger partial charge in [0.05, 0.1) is 21.0 Å². The molecule has 11 nitrogen and oxygen atoms in total. The van der Waals surface area contributed by atoms with Crippen LogP contribution in [0, 0.1) is 18.8 Å². The third-order valence-corrected chi connectivity index (χ3v) is 8.54. The summed E-state index contributed by atoms with van der Waals surface area (Å²) in [5.41, 5.74) is 4.49. The van der Waals surface area contributed by atoms with E-state index in [1.54, 1.807) is 73.2 Å². The second-order valence-corrected chi connectivity index (χ2v) is 11.9. The third kappa shape index (κ3) is 8.45. The van der Waals surface area contributed by atoms with Crippen LogP contribution >= 0.6 is 0 Å². The van der Waals surface area contributed by atoms with E-state index >= 15 is 0 Å². The van der Waals surface area contributed by atoms with Gasteiger partial charge in [0.1, 0.15) is 5.69 Å². The number of amides is 3. The first-order valence-electron chi connectivity index (χ1n) is 13.3. The van der Waals surface area contributed by atoms with E-state index < -0.39 is 21.5 Å². The second-order valence-electron chi connectivity index (χ2n) is 9.59. The van der Waals surface area contributed by atoms with E-state index in [1.807, 2.05) is 6.92 Å². The largest absolute Gasteiger partial charge is 0.321 e. The van der Waals surface area contributed by atoms with Crippen LogP contribution < -0.4 is 10.8 Å². The molecule has 0 fully saturated rings. The maximum Gasteiger partial charge on any atom is 0.286 e. The topological polar surface area (TPSA) is 156 Å². The zero-order valence-electron chi connectivity index (χ0n) is 23.6. The maximum absolute atomic E-state index is 13.9. The quantitative estimate of drug-likeness (QED) is 0.113. The van der Waals surface area contributed by atoms with E-state index in [0.29, 0.717) is 40.2 Å². The normalized spacial score (nSPS) is 11.9. The van der Waals surface area contributed by atoms with Crippen molar-refractivity contribution < 1.29 is 23.8 Å². The molecule has 2 aromatic carbocycles. The fourth-order valence-electron chi connectivity index (χ4n) is 4.14. The SMILES string of the molecule is Cc1cc(C(=O)Nc2cccc(C#Cc3cncc(C(=O)N=[S@](=O)(CCCCC(=O)NO)c4ccccc4)c3)c2)n(C)n1. The van der Waals surface area contributed by atoms with Gasteiger partial charge in [0, 0.05) is 53.3 Å². The molecule has 3 N–H and O–H groups in total. The van der Waals surface area contributed by atoms with Crippen molar-refractivity contribution in [1.82, 2.24) is 20.2 Å². The number of hydrogen-bond donors (Lipinski definition) is 3. The number of benzene rings is 2. The lowest BCUT2D eigenvalue weighted by Gasteiger charge is -2.10. The number of carbonyl (C=O) groups excluding carboxylic acids is 3. The van der Waals surface area contributed by atoms with Gasteiger partial charge in [-0.2, -0.15) is 9.46 Å². The van der Waals surface area contributed by atoms with Gasteiger partial charge >= 0.3 is 0 Å². The molecule has 0 saturated heterocycles. The van der Waals surface area contributed by atoms with Gasteiger partial charge in [0.25, 0.3) is 11.8 Å². The molecule has 43 heavy (non-hydrogen) atoms. The zero-order chi connectivity index (χ0) is 30.8. The first-order chi connectivity index (χ1) is 20.7. The number of nitrogens with zero attached hydrogens (tertiary/aromatic N) is 4. The zero-order valence-corrected chi connectivity index (χ0v) is 24.4. The molecule has 1 atom stereocenters. The molecule has 4 rings (SSSR count). The molecule has 220 valence electrons. The number of pyridine rings is 1. The molecule has 0 bridgehead atoms. The van der Waals surface area contributed by atoms with Crippen LogP contribution in [-0.4, -0.2) is 47.7 Å². The number of aryl methyl sites for hydroxylation is 2. The number of hydroxylamine groups is 1. The van der Waals surface area contributed by atoms with Gasteiger partial charge in [-0.05, 0) is 62.2 Å². The highest BCUT2D eigenvalue weighted by molar-refractivity contribution is 7.94. The Labute approximate surface area is 249 Å². The van der Waals surface area contributed by atoms with Gasteiger partial charge in [0.2, 0.25) is 5.91 Å². The van der Waals surface area contributed by atoms with Crippen molar-refractivity contribution in [1.29, 1.82) is 0 Å². The Morgan fingerprint density at radius 2 is 1.74 bits per heavy atom. The Morgan fingerprint density at radius 1 is 0.977 bits per heavy atom. The monoisotopic (exact) mass is 598 g/mol. The van der Waals surface area contributed by atoms with Crippen LogP contribution in [0.5, 0.6) is 0 Å². The standard InChI is InChI=1S/C31H30N6O5S/c1-22-17-28(37(2)34-22)31(40)33-26-10-8-9-23(19-26)14-15-24-18-25(21-32-20-24)30(39)36-43(42,27-11-4-3-5-12-27)16-7-6-13-29(38)35-41/h3-5,8-12,17-21,41H,6-7,13,16H2,1-2H3,(H,33,40)(H,35,38)/t43-/m0/s1. The molecule has 0 spiro atoms. The Kier molecular flexibility index (Phi) is 10.2. The van der Waals surface area contributed by atoms with Gasteiger partial charge in [-0.1, -0.05) is 36.1 Å². The Morgan fingerprint density at radius 3 is 2.47 bits per heavy atom. The fourth-order valence-corrected chi connectivity index (χ4v) is 6.12. The van der Waals surface area contributed by atoms with E-state index in [0.717, 1.165) is 5.69 Å². The summed E-state index contributed by atoms with van der Waals surface area (Å²) in [6, 6.07) is 18.7. The van der Waals surface area contributed by atoms with Crippen molar-refractivity contribution in [3.8, 4) is 11.8 Å². The molecular weight excluding hydrogens is 568 g/mol. The lowest BCUT2D eigenvalue weighted by atomic mass is 10.1. The van der Waals surface area contributed by atoms with Crippen LogP contribution in [-0.2, 0) is 21.6 Å². The van der Waals surface area contributed by atoms with Crippen LogP contribution in [0.3, 0.4) is 0 Å². The van der Waals surface area contributed by atoms with Crippen LogP contribution in [0.1, 0.15) is 56.9 Å². The number of anilines is 1. The van der Waals surface area contributed by atoms with E-state index in [-0.39, 0.29) is 23.6 Å². The van der Waals surface area contributed by atoms with E-state index in [1.165, 1.54) is 23.1 Å². The lowest BCUT2D eigenvalue weighted by molar-refractivity contribution is -0.129. The molecule has 0 aliphatic rings. The Balaban J connectivity index is 1.52. The van der Waals surface area contributed by atoms with Gasteiger partial charge in [-0.3, -0.25) is 29.3 Å². The number of carbonyl (C=O) groups is 3. The summed E-state index contributed by atoms with van der Waals surface area (Å²) in [5.74, 6) is 4.50. The number of aromatic nitrogens is 3. The average Bonchev–Trinajstić information content (AvgIpc) is 3.36. The van der Waals surface area contributed by atoms with Crippen LogP contribution in [0.4, 0.5) is 5.69 Å². The summed E-state index contributed by atoms with van der Waals surface area (Å²) in [7, 11) is -1.45. The first-order valence-corrected chi connectivity index (χ1v) is 15.0. The number of nitrogens with one attached hydrogen (secondary N) is 2.